The van der Waals surface area contributed by atoms with Crippen LogP contribution in [-0.2, 0) is 0 Å². The summed E-state index contributed by atoms with van der Waals surface area (Å²) >= 11 is 10.2. The third-order valence-corrected chi connectivity index (χ3v) is 2.37. The van der Waals surface area contributed by atoms with Gasteiger partial charge in [0.05, 0.1) is 17.4 Å². The SMILES string of the molecule is CNNc1cn[nH]c(=O)c1.S=CNc1ccc(Cl)cc1. The molecule has 1 aromatic heterocycles. The Labute approximate surface area is 126 Å². The van der Waals surface area contributed by atoms with E-state index in [1.54, 1.807) is 7.05 Å². The number of aromatic nitrogens is 2. The molecule has 1 aromatic carbocycles. The van der Waals surface area contributed by atoms with Crippen molar-refractivity contribution in [3.05, 3.63) is 51.9 Å². The molecule has 2 rings (SSSR count). The first kappa shape index (κ1) is 16.1. The summed E-state index contributed by atoms with van der Waals surface area (Å²) < 4.78 is 0. The number of hydrogen-bond acceptors (Lipinski definition) is 5. The van der Waals surface area contributed by atoms with Crippen molar-refractivity contribution in [3.8, 4) is 0 Å². The lowest BCUT2D eigenvalue weighted by Crippen LogP contribution is -2.17. The van der Waals surface area contributed by atoms with E-state index in [0.717, 1.165) is 10.7 Å². The Bertz CT molecular complexity index is 587. The number of hydrazine groups is 1. The lowest BCUT2D eigenvalue weighted by Gasteiger charge is -1.99. The molecule has 0 atom stereocenters. The van der Waals surface area contributed by atoms with Crippen LogP contribution in [0.25, 0.3) is 0 Å². The number of H-pyrrole nitrogens is 1. The maximum absolute atomic E-state index is 10.6. The predicted molar refractivity (Wildman–Crippen MR) is 86.3 cm³/mol. The van der Waals surface area contributed by atoms with Gasteiger partial charge in [-0.05, 0) is 24.3 Å². The molecule has 1 heterocycles. The van der Waals surface area contributed by atoms with Crippen LogP contribution in [0.4, 0.5) is 11.4 Å². The van der Waals surface area contributed by atoms with Gasteiger partial charge < -0.3 is 10.7 Å². The molecule has 0 fully saturated rings. The van der Waals surface area contributed by atoms with Crippen LogP contribution in [0.1, 0.15) is 0 Å². The fourth-order valence-electron chi connectivity index (χ4n) is 1.20. The maximum atomic E-state index is 10.6. The molecule has 0 aliphatic rings. The largest absolute Gasteiger partial charge is 0.353 e. The summed E-state index contributed by atoms with van der Waals surface area (Å²) in [5, 5.41) is 9.42. The van der Waals surface area contributed by atoms with E-state index in [9.17, 15) is 4.79 Å². The summed E-state index contributed by atoms with van der Waals surface area (Å²) in [4.78, 5) is 10.6. The van der Waals surface area contributed by atoms with Crippen LogP contribution < -0.4 is 21.7 Å². The number of aromatic amines is 1. The van der Waals surface area contributed by atoms with Crippen LogP contribution in [0.5, 0.6) is 0 Å². The number of anilines is 2. The van der Waals surface area contributed by atoms with Gasteiger partial charge in [-0.15, -0.1) is 0 Å². The van der Waals surface area contributed by atoms with E-state index in [1.807, 2.05) is 24.3 Å². The van der Waals surface area contributed by atoms with Crippen molar-refractivity contribution in [3.63, 3.8) is 0 Å². The summed E-state index contributed by atoms with van der Waals surface area (Å²) in [7, 11) is 1.71. The number of nitrogens with zero attached hydrogens (tertiary/aromatic N) is 1. The fourth-order valence-corrected chi connectivity index (χ4v) is 1.47. The first-order valence-corrected chi connectivity index (χ1v) is 6.44. The zero-order valence-electron chi connectivity index (χ0n) is 10.7. The van der Waals surface area contributed by atoms with E-state index >= 15 is 0 Å². The summed E-state index contributed by atoms with van der Waals surface area (Å²) in [5.41, 5.74) is 8.23. The zero-order valence-corrected chi connectivity index (χ0v) is 12.3. The van der Waals surface area contributed by atoms with Crippen LogP contribution >= 0.6 is 23.8 Å². The average molecular weight is 312 g/mol. The average Bonchev–Trinajstić information content (AvgIpc) is 2.43. The molecule has 0 bridgehead atoms. The van der Waals surface area contributed by atoms with Crippen molar-refractivity contribution < 1.29 is 0 Å². The van der Waals surface area contributed by atoms with Crippen molar-refractivity contribution in [2.24, 2.45) is 0 Å². The summed E-state index contributed by atoms with van der Waals surface area (Å²) in [5.74, 6) is 0. The number of thiocarbonyl (C=S) groups is 1. The second-order valence-electron chi connectivity index (χ2n) is 3.48. The Morgan fingerprint density at radius 3 is 2.55 bits per heavy atom. The first-order chi connectivity index (χ1) is 9.65. The van der Waals surface area contributed by atoms with E-state index in [0.29, 0.717) is 5.69 Å². The van der Waals surface area contributed by atoms with E-state index < -0.39 is 0 Å². The van der Waals surface area contributed by atoms with Gasteiger partial charge in [0, 0.05) is 23.8 Å². The number of rotatable bonds is 4. The Morgan fingerprint density at radius 2 is 2.00 bits per heavy atom. The van der Waals surface area contributed by atoms with E-state index in [-0.39, 0.29) is 5.56 Å². The summed E-state index contributed by atoms with van der Waals surface area (Å²) in [6, 6.07) is 8.76. The van der Waals surface area contributed by atoms with Crippen LogP contribution in [0, 0.1) is 0 Å². The first-order valence-electron chi connectivity index (χ1n) is 5.59. The van der Waals surface area contributed by atoms with Gasteiger partial charge in [-0.2, -0.15) is 5.10 Å². The highest BCUT2D eigenvalue weighted by Crippen LogP contribution is 2.12. The molecule has 0 aliphatic heterocycles. The van der Waals surface area contributed by atoms with Gasteiger partial charge in [-0.25, -0.2) is 10.5 Å². The van der Waals surface area contributed by atoms with Crippen LogP contribution in [-0.4, -0.2) is 22.7 Å². The highest BCUT2D eigenvalue weighted by atomic mass is 35.5. The second-order valence-corrected chi connectivity index (χ2v) is 4.15. The number of halogens is 1. The number of nitrogens with one attached hydrogen (secondary N) is 4. The lowest BCUT2D eigenvalue weighted by atomic mass is 10.3. The highest BCUT2D eigenvalue weighted by Gasteiger charge is 1.88. The van der Waals surface area contributed by atoms with Gasteiger partial charge in [-0.1, -0.05) is 23.8 Å². The minimum atomic E-state index is -0.222. The van der Waals surface area contributed by atoms with Crippen molar-refractivity contribution >= 4 is 40.7 Å². The number of hydrogen-bond donors (Lipinski definition) is 4. The molecule has 0 spiro atoms. The van der Waals surface area contributed by atoms with Gasteiger partial charge in [0.2, 0.25) is 0 Å². The molecule has 4 N–H and O–H groups in total. The molecule has 8 heteroatoms. The van der Waals surface area contributed by atoms with Crippen molar-refractivity contribution in [1.82, 2.24) is 15.6 Å². The van der Waals surface area contributed by atoms with Crippen LogP contribution in [0.15, 0.2) is 41.3 Å². The molecule has 6 nitrogen and oxygen atoms in total. The Morgan fingerprint density at radius 1 is 1.30 bits per heavy atom. The molecule has 0 unspecified atom stereocenters. The van der Waals surface area contributed by atoms with Gasteiger partial charge in [-0.3, -0.25) is 4.79 Å². The Balaban J connectivity index is 0.000000200. The monoisotopic (exact) mass is 311 g/mol. The molecular weight excluding hydrogens is 298 g/mol. The quantitative estimate of drug-likeness (QED) is 0.511. The standard InChI is InChI=1S/C7H6ClNS.C5H8N4O/c8-6-1-3-7(4-2-6)9-5-10;1-6-8-4-2-5(10)9-7-3-4/h1-5H,(H,9,10);2-3,6H,1H3,(H2,8,9,10). The molecule has 20 heavy (non-hydrogen) atoms. The van der Waals surface area contributed by atoms with Gasteiger partial charge in [0.15, 0.2) is 0 Å². The third kappa shape index (κ3) is 6.28. The minimum Gasteiger partial charge on any atom is -0.353 e. The fraction of sp³-hybridized carbons (Fsp3) is 0.0833. The van der Waals surface area contributed by atoms with Crippen molar-refractivity contribution in [2.45, 2.75) is 0 Å². The van der Waals surface area contributed by atoms with Crippen LogP contribution in [0.2, 0.25) is 5.02 Å². The number of benzene rings is 1. The molecule has 106 valence electrons. The molecule has 0 aliphatic carbocycles. The van der Waals surface area contributed by atoms with Gasteiger partial charge in [0.25, 0.3) is 5.56 Å². The molecule has 0 radical (unpaired) electrons. The van der Waals surface area contributed by atoms with E-state index in [2.05, 4.69) is 38.6 Å². The normalized spacial score (nSPS) is 9.10. The Kier molecular flexibility index (Phi) is 7.26. The molecule has 2 aromatic rings. The zero-order chi connectivity index (χ0) is 14.8. The Hall–Kier alpha value is -1.96. The van der Waals surface area contributed by atoms with Gasteiger partial charge >= 0.3 is 0 Å². The predicted octanol–water partition coefficient (Wildman–Crippen LogP) is 2.03. The maximum Gasteiger partial charge on any atom is 0.266 e. The minimum absolute atomic E-state index is 0.222. The van der Waals surface area contributed by atoms with Crippen LogP contribution in [0.3, 0.4) is 0 Å². The van der Waals surface area contributed by atoms with E-state index in [1.165, 1.54) is 17.8 Å². The van der Waals surface area contributed by atoms with Gasteiger partial charge in [0.1, 0.15) is 0 Å². The van der Waals surface area contributed by atoms with Crippen molar-refractivity contribution in [2.75, 3.05) is 17.8 Å². The van der Waals surface area contributed by atoms with Crippen molar-refractivity contribution in [1.29, 1.82) is 0 Å². The molecule has 0 saturated heterocycles. The summed E-state index contributed by atoms with van der Waals surface area (Å²) in [6.07, 6.45) is 1.51. The van der Waals surface area contributed by atoms with E-state index in [4.69, 9.17) is 11.6 Å². The topological polar surface area (TPSA) is 81.8 Å². The smallest absolute Gasteiger partial charge is 0.266 e. The molecule has 0 saturated carbocycles. The summed E-state index contributed by atoms with van der Waals surface area (Å²) in [6.45, 7) is 0. The third-order valence-electron chi connectivity index (χ3n) is 2.00. The molecular formula is C12H14ClN5OS. The second kappa shape index (κ2) is 9.03. The molecule has 0 amide bonds. The highest BCUT2D eigenvalue weighted by molar-refractivity contribution is 7.79. The lowest BCUT2D eigenvalue weighted by molar-refractivity contribution is 0.944.